The second-order valence-corrected chi connectivity index (χ2v) is 3.97. The lowest BCUT2D eigenvalue weighted by Gasteiger charge is -2.06. The van der Waals surface area contributed by atoms with E-state index in [0.717, 1.165) is 22.9 Å². The van der Waals surface area contributed by atoms with Gasteiger partial charge in [0.2, 0.25) is 0 Å². The molecule has 0 aliphatic rings. The summed E-state index contributed by atoms with van der Waals surface area (Å²) in [5, 5.41) is 7.29. The Kier molecular flexibility index (Phi) is 2.95. The highest BCUT2D eigenvalue weighted by Gasteiger charge is 2.05. The van der Waals surface area contributed by atoms with Crippen LogP contribution in [0.1, 0.15) is 17.1 Å². The molecule has 6 heteroatoms. The van der Waals surface area contributed by atoms with E-state index in [2.05, 4.69) is 20.4 Å². The van der Waals surface area contributed by atoms with Crippen molar-refractivity contribution in [3.63, 3.8) is 0 Å². The van der Waals surface area contributed by atoms with Gasteiger partial charge in [-0.25, -0.2) is 9.97 Å². The highest BCUT2D eigenvalue weighted by atomic mass is 15.3. The first-order valence-corrected chi connectivity index (χ1v) is 5.39. The smallest absolute Gasteiger partial charge is 0.130 e. The molecule has 17 heavy (non-hydrogen) atoms. The second-order valence-electron chi connectivity index (χ2n) is 3.97. The van der Waals surface area contributed by atoms with Crippen LogP contribution < -0.4 is 11.1 Å². The van der Waals surface area contributed by atoms with E-state index < -0.39 is 0 Å². The molecule has 0 aromatic carbocycles. The van der Waals surface area contributed by atoms with Crippen molar-refractivity contribution >= 4 is 11.6 Å². The van der Waals surface area contributed by atoms with Gasteiger partial charge in [0.05, 0.1) is 6.20 Å². The van der Waals surface area contributed by atoms with Gasteiger partial charge >= 0.3 is 0 Å². The molecule has 2 aromatic heterocycles. The molecule has 0 fully saturated rings. The summed E-state index contributed by atoms with van der Waals surface area (Å²) in [5.74, 6) is 2.23. The second kappa shape index (κ2) is 4.40. The number of nitrogens with one attached hydrogen (secondary N) is 1. The number of nitrogens with two attached hydrogens (primary N) is 1. The fraction of sp³-hybridized carbons (Fsp3) is 0.364. The summed E-state index contributed by atoms with van der Waals surface area (Å²) in [6.07, 6.45) is 1.75. The van der Waals surface area contributed by atoms with Crippen molar-refractivity contribution in [1.29, 1.82) is 0 Å². The van der Waals surface area contributed by atoms with E-state index >= 15 is 0 Å². The summed E-state index contributed by atoms with van der Waals surface area (Å²) in [7, 11) is 1.82. The molecule has 6 nitrogen and oxygen atoms in total. The Bertz CT molecular complexity index is 511. The van der Waals surface area contributed by atoms with Crippen LogP contribution in [0.15, 0.2) is 12.3 Å². The molecular formula is C11H16N6. The predicted octanol–water partition coefficient (Wildman–Crippen LogP) is 1.02. The third-order valence-corrected chi connectivity index (χ3v) is 2.49. The van der Waals surface area contributed by atoms with Gasteiger partial charge in [0.1, 0.15) is 17.5 Å². The molecule has 2 aromatic rings. The van der Waals surface area contributed by atoms with Gasteiger partial charge in [-0.05, 0) is 13.8 Å². The lowest BCUT2D eigenvalue weighted by atomic mass is 10.3. The summed E-state index contributed by atoms with van der Waals surface area (Å²) in [4.78, 5) is 8.51. The summed E-state index contributed by atoms with van der Waals surface area (Å²) >= 11 is 0. The third kappa shape index (κ3) is 2.52. The molecule has 0 aliphatic carbocycles. The zero-order valence-corrected chi connectivity index (χ0v) is 10.2. The van der Waals surface area contributed by atoms with Crippen molar-refractivity contribution in [3.05, 3.63) is 29.3 Å². The van der Waals surface area contributed by atoms with Crippen molar-refractivity contribution < 1.29 is 0 Å². The van der Waals surface area contributed by atoms with Crippen LogP contribution in [-0.4, -0.2) is 19.7 Å². The Labute approximate surface area is 99.9 Å². The lowest BCUT2D eigenvalue weighted by molar-refractivity contribution is 0.778. The molecule has 2 rings (SSSR count). The van der Waals surface area contributed by atoms with Crippen LogP contribution in [0, 0.1) is 13.8 Å². The van der Waals surface area contributed by atoms with E-state index in [0.29, 0.717) is 12.4 Å². The van der Waals surface area contributed by atoms with E-state index in [-0.39, 0.29) is 0 Å². The van der Waals surface area contributed by atoms with Crippen LogP contribution in [0.3, 0.4) is 0 Å². The zero-order chi connectivity index (χ0) is 12.4. The van der Waals surface area contributed by atoms with Gasteiger partial charge in [-0.15, -0.1) is 0 Å². The van der Waals surface area contributed by atoms with Gasteiger partial charge in [-0.1, -0.05) is 0 Å². The van der Waals surface area contributed by atoms with Gasteiger partial charge < -0.3 is 11.1 Å². The van der Waals surface area contributed by atoms with Crippen molar-refractivity contribution in [2.45, 2.75) is 20.4 Å². The molecule has 0 amide bonds. The highest BCUT2D eigenvalue weighted by molar-refractivity contribution is 5.43. The first kappa shape index (κ1) is 11.4. The Hall–Kier alpha value is -2.11. The van der Waals surface area contributed by atoms with E-state index in [4.69, 9.17) is 5.73 Å². The molecule has 2 heterocycles. The molecule has 0 atom stereocenters. The number of anilines is 2. The third-order valence-electron chi connectivity index (χ3n) is 2.49. The molecule has 0 spiro atoms. The molecule has 0 saturated heterocycles. The van der Waals surface area contributed by atoms with Crippen LogP contribution in [0.25, 0.3) is 0 Å². The molecule has 0 bridgehead atoms. The van der Waals surface area contributed by atoms with Gasteiger partial charge in [-0.2, -0.15) is 5.10 Å². The maximum atomic E-state index is 5.85. The van der Waals surface area contributed by atoms with Gasteiger partial charge in [0.25, 0.3) is 0 Å². The molecule has 0 radical (unpaired) electrons. The van der Waals surface area contributed by atoms with Gasteiger partial charge in [-0.3, -0.25) is 4.68 Å². The lowest BCUT2D eigenvalue weighted by Crippen LogP contribution is -2.06. The minimum atomic E-state index is 0.607. The summed E-state index contributed by atoms with van der Waals surface area (Å²) in [6, 6.07) is 1.90. The summed E-state index contributed by atoms with van der Waals surface area (Å²) < 4.78 is 1.65. The Balaban J connectivity index is 2.09. The number of aromatic nitrogens is 4. The van der Waals surface area contributed by atoms with Crippen LogP contribution in [0.4, 0.5) is 11.6 Å². The number of nitrogens with zero attached hydrogens (tertiary/aromatic N) is 4. The van der Waals surface area contributed by atoms with Crippen LogP contribution >= 0.6 is 0 Å². The molecule has 0 aliphatic heterocycles. The fourth-order valence-corrected chi connectivity index (χ4v) is 1.62. The van der Waals surface area contributed by atoms with Crippen molar-refractivity contribution in [2.75, 3.05) is 11.1 Å². The molecule has 0 saturated carbocycles. The standard InChI is InChI=1S/C11H16N6/c1-7-4-10(16-8(2)15-7)13-5-9-6-14-17(3)11(9)12/h4,6H,5,12H2,1-3H3,(H,13,15,16). The van der Waals surface area contributed by atoms with Crippen molar-refractivity contribution in [2.24, 2.45) is 7.05 Å². The first-order valence-electron chi connectivity index (χ1n) is 5.39. The Morgan fingerprint density at radius 1 is 1.35 bits per heavy atom. The Morgan fingerprint density at radius 3 is 2.71 bits per heavy atom. The first-order chi connectivity index (χ1) is 8.06. The molecular weight excluding hydrogens is 216 g/mol. The maximum Gasteiger partial charge on any atom is 0.130 e. The largest absolute Gasteiger partial charge is 0.384 e. The van der Waals surface area contributed by atoms with E-state index in [1.54, 1.807) is 10.9 Å². The maximum absolute atomic E-state index is 5.85. The van der Waals surface area contributed by atoms with Crippen molar-refractivity contribution in [3.8, 4) is 0 Å². The number of hydrogen-bond acceptors (Lipinski definition) is 5. The fourth-order valence-electron chi connectivity index (χ4n) is 1.62. The van der Waals surface area contributed by atoms with Gasteiger partial charge in [0.15, 0.2) is 0 Å². The number of nitrogen functional groups attached to an aromatic ring is 1. The molecule has 90 valence electrons. The van der Waals surface area contributed by atoms with E-state index in [1.807, 2.05) is 27.0 Å². The van der Waals surface area contributed by atoms with E-state index in [1.165, 1.54) is 0 Å². The molecule has 0 unspecified atom stereocenters. The SMILES string of the molecule is Cc1cc(NCc2cnn(C)c2N)nc(C)n1. The van der Waals surface area contributed by atoms with Crippen LogP contribution in [-0.2, 0) is 13.6 Å². The topological polar surface area (TPSA) is 81.7 Å². The van der Waals surface area contributed by atoms with Gasteiger partial charge in [0, 0.05) is 30.9 Å². The predicted molar refractivity (Wildman–Crippen MR) is 66.5 cm³/mol. The Morgan fingerprint density at radius 2 is 2.12 bits per heavy atom. The number of hydrogen-bond donors (Lipinski definition) is 2. The summed E-state index contributed by atoms with van der Waals surface area (Å²) in [5.41, 5.74) is 7.76. The monoisotopic (exact) mass is 232 g/mol. The van der Waals surface area contributed by atoms with Crippen molar-refractivity contribution in [1.82, 2.24) is 19.7 Å². The average molecular weight is 232 g/mol. The minimum Gasteiger partial charge on any atom is -0.384 e. The highest BCUT2D eigenvalue weighted by Crippen LogP contribution is 2.12. The zero-order valence-electron chi connectivity index (χ0n) is 10.2. The van der Waals surface area contributed by atoms with Crippen LogP contribution in [0.5, 0.6) is 0 Å². The minimum absolute atomic E-state index is 0.607. The van der Waals surface area contributed by atoms with Crippen LogP contribution in [0.2, 0.25) is 0 Å². The summed E-state index contributed by atoms with van der Waals surface area (Å²) in [6.45, 7) is 4.42. The van der Waals surface area contributed by atoms with E-state index in [9.17, 15) is 0 Å². The number of rotatable bonds is 3. The average Bonchev–Trinajstić information content (AvgIpc) is 2.56. The normalized spacial score (nSPS) is 10.5. The number of aryl methyl sites for hydroxylation is 3. The molecule has 3 N–H and O–H groups in total. The quantitative estimate of drug-likeness (QED) is 0.825.